The van der Waals surface area contributed by atoms with E-state index in [1.807, 2.05) is 47.9 Å². The Morgan fingerprint density at radius 3 is 2.73 bits per heavy atom. The van der Waals surface area contributed by atoms with Gasteiger partial charge in [-0.3, -0.25) is 4.57 Å². The summed E-state index contributed by atoms with van der Waals surface area (Å²) in [7, 11) is 0. The number of aromatic nitrogens is 3. The number of benzene rings is 1. The normalized spacial score (nSPS) is 12.0. The fraction of sp³-hybridized carbons (Fsp3) is 0.188. The average Bonchev–Trinajstić information content (AvgIpc) is 3.19. The first-order valence-electron chi connectivity index (χ1n) is 6.86. The maximum absolute atomic E-state index is 9.05. The minimum Gasteiger partial charge on any atom is -0.274 e. The van der Waals surface area contributed by atoms with Gasteiger partial charge in [0.1, 0.15) is 5.82 Å². The molecular formula is C16H14N4S2. The van der Waals surface area contributed by atoms with Crippen molar-refractivity contribution in [2.45, 2.75) is 23.8 Å². The third-order valence-corrected chi connectivity index (χ3v) is 4.90. The lowest BCUT2D eigenvalue weighted by molar-refractivity contribution is 0.849. The number of nitriles is 1. The van der Waals surface area contributed by atoms with Crippen molar-refractivity contribution in [3.8, 4) is 11.8 Å². The molecule has 0 fully saturated rings. The molecule has 2 heterocycles. The van der Waals surface area contributed by atoms with E-state index in [0.29, 0.717) is 0 Å². The van der Waals surface area contributed by atoms with Gasteiger partial charge in [0.2, 0.25) is 0 Å². The molecule has 6 heteroatoms. The summed E-state index contributed by atoms with van der Waals surface area (Å²) in [6.07, 6.45) is 0.737. The topological polar surface area (TPSA) is 54.5 Å². The first-order chi connectivity index (χ1) is 10.8. The van der Waals surface area contributed by atoms with E-state index in [4.69, 9.17) is 5.26 Å². The molecule has 1 aromatic carbocycles. The van der Waals surface area contributed by atoms with Crippen molar-refractivity contribution in [1.29, 1.82) is 5.26 Å². The smallest absolute Gasteiger partial charge is 0.197 e. The number of hydrogen-bond acceptors (Lipinski definition) is 5. The van der Waals surface area contributed by atoms with Crippen LogP contribution in [0, 0.1) is 11.3 Å². The highest BCUT2D eigenvalue weighted by atomic mass is 32.2. The van der Waals surface area contributed by atoms with Gasteiger partial charge < -0.3 is 0 Å². The van der Waals surface area contributed by atoms with Gasteiger partial charge in [-0.15, -0.1) is 21.5 Å². The van der Waals surface area contributed by atoms with E-state index in [9.17, 15) is 0 Å². The second kappa shape index (κ2) is 6.77. The van der Waals surface area contributed by atoms with Crippen LogP contribution in [-0.2, 0) is 6.42 Å². The van der Waals surface area contributed by atoms with Crippen molar-refractivity contribution in [2.24, 2.45) is 0 Å². The van der Waals surface area contributed by atoms with Gasteiger partial charge in [-0.25, -0.2) is 0 Å². The molecule has 4 nitrogen and oxygen atoms in total. The van der Waals surface area contributed by atoms with Crippen molar-refractivity contribution >= 4 is 23.1 Å². The highest BCUT2D eigenvalue weighted by Crippen LogP contribution is 2.26. The van der Waals surface area contributed by atoms with Crippen LogP contribution in [0.4, 0.5) is 0 Å². The molecule has 0 aliphatic rings. The second-order valence-corrected chi connectivity index (χ2v) is 7.06. The molecule has 0 spiro atoms. The summed E-state index contributed by atoms with van der Waals surface area (Å²) in [5, 5.41) is 20.3. The zero-order valence-electron chi connectivity index (χ0n) is 12.0. The Morgan fingerprint density at radius 2 is 2.05 bits per heavy atom. The number of para-hydroxylation sites is 1. The lowest BCUT2D eigenvalue weighted by Gasteiger charge is -2.10. The molecule has 0 radical (unpaired) electrons. The SMILES string of the molecule is C[C@@H](C#N)Sc1nnc(Cc2cccs2)n1-c1ccccc1. The Hall–Kier alpha value is -2.10. The molecule has 0 amide bonds. The molecule has 3 aromatic rings. The largest absolute Gasteiger partial charge is 0.274 e. The number of thiophene rings is 1. The summed E-state index contributed by atoms with van der Waals surface area (Å²) < 4.78 is 2.04. The van der Waals surface area contributed by atoms with Gasteiger partial charge in [-0.2, -0.15) is 5.26 Å². The molecule has 110 valence electrons. The molecule has 0 unspecified atom stereocenters. The fourth-order valence-corrected chi connectivity index (χ4v) is 3.56. The average molecular weight is 326 g/mol. The first-order valence-corrected chi connectivity index (χ1v) is 8.62. The summed E-state index contributed by atoms with van der Waals surface area (Å²) in [6.45, 7) is 1.87. The third-order valence-electron chi connectivity index (χ3n) is 3.09. The summed E-state index contributed by atoms with van der Waals surface area (Å²) in [4.78, 5) is 1.24. The van der Waals surface area contributed by atoms with Crippen LogP contribution in [0.5, 0.6) is 0 Å². The van der Waals surface area contributed by atoms with Crippen LogP contribution >= 0.6 is 23.1 Å². The molecule has 2 aromatic heterocycles. The summed E-state index contributed by atoms with van der Waals surface area (Å²) in [6, 6.07) is 16.4. The lowest BCUT2D eigenvalue weighted by Crippen LogP contribution is -2.04. The predicted octanol–water partition coefficient (Wildman–Crippen LogP) is 3.92. The van der Waals surface area contributed by atoms with Crippen LogP contribution in [0.1, 0.15) is 17.6 Å². The van der Waals surface area contributed by atoms with E-state index < -0.39 is 0 Å². The van der Waals surface area contributed by atoms with Gasteiger partial charge in [-0.05, 0) is 30.5 Å². The Labute approximate surface area is 137 Å². The predicted molar refractivity (Wildman–Crippen MR) is 89.4 cm³/mol. The standard InChI is InChI=1S/C16H14N4S2/c1-12(11-17)22-16-19-18-15(10-14-8-5-9-21-14)20(16)13-6-3-2-4-7-13/h2-9,12H,10H2,1H3/t12-/m0/s1. The van der Waals surface area contributed by atoms with Crippen LogP contribution in [0.25, 0.3) is 5.69 Å². The van der Waals surface area contributed by atoms with Crippen molar-refractivity contribution in [3.63, 3.8) is 0 Å². The summed E-state index contributed by atoms with van der Waals surface area (Å²) in [5.41, 5.74) is 1.02. The van der Waals surface area contributed by atoms with Crippen LogP contribution in [0.3, 0.4) is 0 Å². The van der Waals surface area contributed by atoms with E-state index >= 15 is 0 Å². The van der Waals surface area contributed by atoms with Crippen LogP contribution < -0.4 is 0 Å². The molecule has 1 atom stereocenters. The van der Waals surface area contributed by atoms with Gasteiger partial charge in [0, 0.05) is 17.0 Å². The minimum atomic E-state index is -0.166. The maximum Gasteiger partial charge on any atom is 0.197 e. The van der Waals surface area contributed by atoms with E-state index in [1.165, 1.54) is 16.6 Å². The fourth-order valence-electron chi connectivity index (χ4n) is 2.08. The number of rotatable bonds is 5. The van der Waals surface area contributed by atoms with Crippen molar-refractivity contribution in [1.82, 2.24) is 14.8 Å². The molecular weight excluding hydrogens is 312 g/mol. The Balaban J connectivity index is 2.01. The highest BCUT2D eigenvalue weighted by Gasteiger charge is 2.17. The van der Waals surface area contributed by atoms with Crippen molar-refractivity contribution in [3.05, 3.63) is 58.5 Å². The zero-order chi connectivity index (χ0) is 15.4. The summed E-state index contributed by atoms with van der Waals surface area (Å²) >= 11 is 3.14. The third kappa shape index (κ3) is 3.21. The van der Waals surface area contributed by atoms with Crippen LogP contribution in [0.15, 0.2) is 53.0 Å². The lowest BCUT2D eigenvalue weighted by atomic mass is 10.3. The van der Waals surface area contributed by atoms with E-state index in [-0.39, 0.29) is 5.25 Å². The number of nitrogens with zero attached hydrogens (tertiary/aromatic N) is 4. The molecule has 0 aliphatic heterocycles. The van der Waals surface area contributed by atoms with Crippen LogP contribution in [-0.4, -0.2) is 20.0 Å². The van der Waals surface area contributed by atoms with E-state index in [2.05, 4.69) is 27.7 Å². The quantitative estimate of drug-likeness (QED) is 0.667. The highest BCUT2D eigenvalue weighted by molar-refractivity contribution is 8.00. The molecule has 0 bridgehead atoms. The van der Waals surface area contributed by atoms with Gasteiger partial charge in [0.15, 0.2) is 5.16 Å². The molecule has 0 saturated heterocycles. The van der Waals surface area contributed by atoms with E-state index in [1.54, 1.807) is 11.3 Å². The second-order valence-electron chi connectivity index (χ2n) is 4.72. The van der Waals surface area contributed by atoms with Gasteiger partial charge in [0.05, 0.1) is 11.3 Å². The Kier molecular flexibility index (Phi) is 4.56. The first kappa shape index (κ1) is 14.8. The maximum atomic E-state index is 9.05. The van der Waals surface area contributed by atoms with Gasteiger partial charge >= 0.3 is 0 Å². The van der Waals surface area contributed by atoms with Crippen molar-refractivity contribution in [2.75, 3.05) is 0 Å². The monoisotopic (exact) mass is 326 g/mol. The number of hydrogen-bond donors (Lipinski definition) is 0. The Bertz CT molecular complexity index is 772. The molecule has 22 heavy (non-hydrogen) atoms. The zero-order valence-corrected chi connectivity index (χ0v) is 13.6. The molecule has 3 rings (SSSR count). The minimum absolute atomic E-state index is 0.166. The molecule has 0 N–H and O–H groups in total. The summed E-state index contributed by atoms with van der Waals surface area (Å²) in [5.74, 6) is 0.890. The van der Waals surface area contributed by atoms with E-state index in [0.717, 1.165) is 23.1 Å². The van der Waals surface area contributed by atoms with Gasteiger partial charge in [0.25, 0.3) is 0 Å². The molecule has 0 saturated carbocycles. The number of thioether (sulfide) groups is 1. The van der Waals surface area contributed by atoms with Crippen molar-refractivity contribution < 1.29 is 0 Å². The van der Waals surface area contributed by atoms with Crippen LogP contribution in [0.2, 0.25) is 0 Å². The van der Waals surface area contributed by atoms with Gasteiger partial charge in [-0.1, -0.05) is 36.0 Å². The molecule has 0 aliphatic carbocycles. The Morgan fingerprint density at radius 1 is 1.23 bits per heavy atom.